The van der Waals surface area contributed by atoms with Gasteiger partial charge in [-0.2, -0.15) is 11.3 Å². The van der Waals surface area contributed by atoms with Crippen LogP contribution in [0.4, 0.5) is 0 Å². The first-order valence-corrected chi connectivity index (χ1v) is 6.81. The number of thiophene rings is 1. The van der Waals surface area contributed by atoms with Crippen LogP contribution in [0.3, 0.4) is 0 Å². The lowest BCUT2D eigenvalue weighted by Gasteiger charge is -2.14. The lowest BCUT2D eigenvalue weighted by molar-refractivity contribution is 0.619. The van der Waals surface area contributed by atoms with Gasteiger partial charge in [0.15, 0.2) is 0 Å². The van der Waals surface area contributed by atoms with Gasteiger partial charge >= 0.3 is 0 Å². The van der Waals surface area contributed by atoms with E-state index in [-0.39, 0.29) is 6.04 Å². The molecule has 15 heavy (non-hydrogen) atoms. The lowest BCUT2D eigenvalue weighted by Crippen LogP contribution is -2.21. The van der Waals surface area contributed by atoms with Crippen molar-refractivity contribution in [2.75, 3.05) is 6.54 Å². The van der Waals surface area contributed by atoms with Crippen LogP contribution in [0.15, 0.2) is 22.2 Å². The third kappa shape index (κ3) is 2.45. The van der Waals surface area contributed by atoms with Gasteiger partial charge in [-0.3, -0.25) is 0 Å². The molecule has 0 aliphatic heterocycles. The normalized spacial score (nSPS) is 12.9. The summed E-state index contributed by atoms with van der Waals surface area (Å²) in [4.78, 5) is 4.55. The molecular formula is C11H14N2S2. The van der Waals surface area contributed by atoms with E-state index in [9.17, 15) is 0 Å². The van der Waals surface area contributed by atoms with E-state index in [0.29, 0.717) is 0 Å². The van der Waals surface area contributed by atoms with Crippen LogP contribution in [0.1, 0.15) is 29.2 Å². The summed E-state index contributed by atoms with van der Waals surface area (Å²) in [6, 6.07) is 2.42. The molecule has 0 aliphatic rings. The number of aryl methyl sites for hydroxylation is 1. The van der Waals surface area contributed by atoms with Gasteiger partial charge in [0.25, 0.3) is 0 Å². The largest absolute Gasteiger partial charge is 0.305 e. The number of aromatic nitrogens is 1. The van der Waals surface area contributed by atoms with Crippen LogP contribution < -0.4 is 5.32 Å². The van der Waals surface area contributed by atoms with Crippen molar-refractivity contribution in [3.05, 3.63) is 38.5 Å². The molecule has 2 aromatic heterocycles. The van der Waals surface area contributed by atoms with Crippen LogP contribution in [-0.4, -0.2) is 11.5 Å². The maximum Gasteiger partial charge on any atom is 0.0898 e. The van der Waals surface area contributed by atoms with E-state index >= 15 is 0 Å². The summed E-state index contributed by atoms with van der Waals surface area (Å²) in [5.74, 6) is 0. The van der Waals surface area contributed by atoms with E-state index in [2.05, 4.69) is 39.4 Å². The van der Waals surface area contributed by atoms with Gasteiger partial charge in [-0.05, 0) is 35.9 Å². The second-order valence-electron chi connectivity index (χ2n) is 3.34. The number of nitrogens with one attached hydrogen (secondary N) is 1. The number of thiazole rings is 1. The second-order valence-corrected chi connectivity index (χ2v) is 5.18. The van der Waals surface area contributed by atoms with E-state index in [1.165, 1.54) is 5.56 Å². The quantitative estimate of drug-likeness (QED) is 0.884. The molecule has 1 unspecified atom stereocenters. The van der Waals surface area contributed by atoms with Gasteiger partial charge in [-0.25, -0.2) is 4.98 Å². The summed E-state index contributed by atoms with van der Waals surface area (Å²) in [5.41, 5.74) is 2.45. The molecule has 0 amide bonds. The van der Waals surface area contributed by atoms with Crippen LogP contribution in [0.25, 0.3) is 0 Å². The highest BCUT2D eigenvalue weighted by atomic mass is 32.1. The molecule has 0 spiro atoms. The summed E-state index contributed by atoms with van der Waals surface area (Å²) in [6.45, 7) is 5.13. The first-order valence-electron chi connectivity index (χ1n) is 4.98. The lowest BCUT2D eigenvalue weighted by atomic mass is 10.1. The predicted molar refractivity (Wildman–Crippen MR) is 66.7 cm³/mol. The molecule has 1 atom stereocenters. The molecule has 0 fully saturated rings. The summed E-state index contributed by atoms with van der Waals surface area (Å²) in [6.07, 6.45) is 0. The standard InChI is InChI=1S/C11H14N2S2/c1-3-12-11(9-4-5-14-6-9)10-7-15-8(2)13-10/h4-7,11-12H,3H2,1-2H3. The maximum atomic E-state index is 4.55. The zero-order valence-corrected chi connectivity index (χ0v) is 10.5. The fourth-order valence-electron chi connectivity index (χ4n) is 1.55. The van der Waals surface area contributed by atoms with Gasteiger partial charge < -0.3 is 5.32 Å². The van der Waals surface area contributed by atoms with Crippen molar-refractivity contribution in [1.82, 2.24) is 10.3 Å². The Morgan fingerprint density at radius 3 is 2.87 bits per heavy atom. The van der Waals surface area contributed by atoms with Gasteiger partial charge in [0.1, 0.15) is 0 Å². The fourth-order valence-corrected chi connectivity index (χ4v) is 2.87. The van der Waals surface area contributed by atoms with E-state index in [0.717, 1.165) is 17.2 Å². The molecule has 2 heterocycles. The Kier molecular flexibility index (Phi) is 3.51. The average molecular weight is 238 g/mol. The third-order valence-corrected chi connectivity index (χ3v) is 3.71. The molecule has 0 aliphatic carbocycles. The second kappa shape index (κ2) is 4.88. The fraction of sp³-hybridized carbons (Fsp3) is 0.364. The van der Waals surface area contributed by atoms with Crippen LogP contribution in [0.2, 0.25) is 0 Å². The molecule has 1 N–H and O–H groups in total. The van der Waals surface area contributed by atoms with Gasteiger partial charge in [0.05, 0.1) is 16.7 Å². The van der Waals surface area contributed by atoms with Crippen molar-refractivity contribution in [2.45, 2.75) is 19.9 Å². The Hall–Kier alpha value is -0.710. The van der Waals surface area contributed by atoms with E-state index in [4.69, 9.17) is 0 Å². The molecule has 2 rings (SSSR count). The van der Waals surface area contributed by atoms with Crippen LogP contribution in [0, 0.1) is 6.92 Å². The van der Waals surface area contributed by atoms with Crippen LogP contribution in [-0.2, 0) is 0 Å². The SMILES string of the molecule is CCNC(c1ccsc1)c1csc(C)n1. The molecule has 0 aromatic carbocycles. The Bertz CT molecular complexity index is 406. The summed E-state index contributed by atoms with van der Waals surface area (Å²) in [5, 5.41) is 11.0. The average Bonchev–Trinajstić information content (AvgIpc) is 2.85. The van der Waals surface area contributed by atoms with Gasteiger partial charge in [-0.15, -0.1) is 11.3 Å². The summed E-state index contributed by atoms with van der Waals surface area (Å²) >= 11 is 3.44. The van der Waals surface area contributed by atoms with Gasteiger partial charge in [0, 0.05) is 5.38 Å². The minimum Gasteiger partial charge on any atom is -0.305 e. The highest BCUT2D eigenvalue weighted by molar-refractivity contribution is 7.09. The zero-order valence-electron chi connectivity index (χ0n) is 8.86. The van der Waals surface area contributed by atoms with Crippen molar-refractivity contribution in [3.8, 4) is 0 Å². The molecule has 0 radical (unpaired) electrons. The minimum atomic E-state index is 0.256. The van der Waals surface area contributed by atoms with E-state index < -0.39 is 0 Å². The smallest absolute Gasteiger partial charge is 0.0898 e. The predicted octanol–water partition coefficient (Wildman–Crippen LogP) is 3.21. The van der Waals surface area contributed by atoms with Gasteiger partial charge in [-0.1, -0.05) is 6.92 Å². The first-order chi connectivity index (χ1) is 7.31. The highest BCUT2D eigenvalue weighted by Crippen LogP contribution is 2.24. The van der Waals surface area contributed by atoms with Crippen molar-refractivity contribution < 1.29 is 0 Å². The highest BCUT2D eigenvalue weighted by Gasteiger charge is 2.15. The molecule has 80 valence electrons. The summed E-state index contributed by atoms with van der Waals surface area (Å²) in [7, 11) is 0. The number of hydrogen-bond donors (Lipinski definition) is 1. The van der Waals surface area contributed by atoms with Crippen LogP contribution >= 0.6 is 22.7 Å². The number of nitrogens with zero attached hydrogens (tertiary/aromatic N) is 1. The Morgan fingerprint density at radius 2 is 2.33 bits per heavy atom. The maximum absolute atomic E-state index is 4.55. The third-order valence-electron chi connectivity index (χ3n) is 2.22. The summed E-state index contributed by atoms with van der Waals surface area (Å²) < 4.78 is 0. The molecule has 2 aromatic rings. The van der Waals surface area contributed by atoms with E-state index in [1.54, 1.807) is 22.7 Å². The molecule has 0 saturated carbocycles. The minimum absolute atomic E-state index is 0.256. The Balaban J connectivity index is 2.27. The van der Waals surface area contributed by atoms with Gasteiger partial charge in [0.2, 0.25) is 0 Å². The number of rotatable bonds is 4. The topological polar surface area (TPSA) is 24.9 Å². The Labute approximate surface area is 98.0 Å². The molecular weight excluding hydrogens is 224 g/mol. The molecule has 0 bridgehead atoms. The monoisotopic (exact) mass is 238 g/mol. The Morgan fingerprint density at radius 1 is 1.47 bits per heavy atom. The van der Waals surface area contributed by atoms with Crippen LogP contribution in [0.5, 0.6) is 0 Å². The zero-order chi connectivity index (χ0) is 10.7. The number of hydrogen-bond acceptors (Lipinski definition) is 4. The molecule has 0 saturated heterocycles. The first kappa shape index (κ1) is 10.8. The molecule has 2 nitrogen and oxygen atoms in total. The van der Waals surface area contributed by atoms with Crippen molar-refractivity contribution in [1.29, 1.82) is 0 Å². The molecule has 4 heteroatoms. The van der Waals surface area contributed by atoms with Crippen molar-refractivity contribution in [2.24, 2.45) is 0 Å². The van der Waals surface area contributed by atoms with Crippen molar-refractivity contribution in [3.63, 3.8) is 0 Å². The van der Waals surface area contributed by atoms with Crippen molar-refractivity contribution >= 4 is 22.7 Å². The van der Waals surface area contributed by atoms with E-state index in [1.807, 2.05) is 6.92 Å².